The molecule has 0 spiro atoms. The topological polar surface area (TPSA) is 46.6 Å². The molecule has 2 amide bonds. The van der Waals surface area contributed by atoms with E-state index in [1.807, 2.05) is 0 Å². The maximum Gasteiger partial charge on any atom is 0.417 e. The first-order chi connectivity index (χ1) is 10.6. The fraction of sp³-hybridized carbons (Fsp3) is 0.529. The minimum atomic E-state index is -1.79. The largest absolute Gasteiger partial charge is 0.443 e. The average Bonchev–Trinajstić information content (AvgIpc) is 2.42. The standard InChI is InChI=1S/C17H21F2NO3/c1-16(2,3)23-15(22)20-14(21)13(19)9-10-17(20,4)11-7-5-6-8-12(11)18/h5-8,13H,9-10H2,1-4H3/t13?,17-/m0/s1. The summed E-state index contributed by atoms with van der Waals surface area (Å²) in [5.41, 5.74) is -1.96. The molecule has 23 heavy (non-hydrogen) atoms. The summed E-state index contributed by atoms with van der Waals surface area (Å²) in [5, 5.41) is 0. The van der Waals surface area contributed by atoms with E-state index in [4.69, 9.17) is 4.74 Å². The van der Waals surface area contributed by atoms with Crippen LogP contribution in [0.1, 0.15) is 46.1 Å². The first kappa shape index (κ1) is 17.4. The van der Waals surface area contributed by atoms with Gasteiger partial charge in [-0.3, -0.25) is 4.79 Å². The van der Waals surface area contributed by atoms with Crippen molar-refractivity contribution in [2.45, 2.75) is 57.8 Å². The zero-order chi connectivity index (χ0) is 17.4. The molecule has 0 N–H and O–H groups in total. The van der Waals surface area contributed by atoms with Gasteiger partial charge < -0.3 is 4.74 Å². The van der Waals surface area contributed by atoms with Crippen LogP contribution in [0.3, 0.4) is 0 Å². The third kappa shape index (κ3) is 3.35. The third-order valence-electron chi connectivity index (χ3n) is 3.90. The number of alkyl halides is 1. The van der Waals surface area contributed by atoms with Crippen LogP contribution in [-0.4, -0.2) is 28.7 Å². The first-order valence-electron chi connectivity index (χ1n) is 7.52. The van der Waals surface area contributed by atoms with Gasteiger partial charge in [0, 0.05) is 5.56 Å². The van der Waals surface area contributed by atoms with Crippen molar-refractivity contribution in [3.8, 4) is 0 Å². The number of carbonyl (C=O) groups excluding carboxylic acids is 2. The molecular formula is C17H21F2NO3. The molecular weight excluding hydrogens is 304 g/mol. The molecule has 1 aliphatic rings. The molecule has 1 heterocycles. The van der Waals surface area contributed by atoms with Gasteiger partial charge in [-0.1, -0.05) is 18.2 Å². The van der Waals surface area contributed by atoms with E-state index in [0.717, 1.165) is 4.90 Å². The van der Waals surface area contributed by atoms with Crippen LogP contribution in [-0.2, 0) is 15.1 Å². The number of carbonyl (C=O) groups is 2. The van der Waals surface area contributed by atoms with Gasteiger partial charge in [0.1, 0.15) is 11.4 Å². The number of halogens is 2. The molecule has 1 aromatic rings. The lowest BCUT2D eigenvalue weighted by atomic mass is 9.81. The van der Waals surface area contributed by atoms with Gasteiger partial charge in [-0.2, -0.15) is 0 Å². The Bertz CT molecular complexity index is 627. The molecule has 0 bridgehead atoms. The summed E-state index contributed by atoms with van der Waals surface area (Å²) >= 11 is 0. The van der Waals surface area contributed by atoms with Crippen molar-refractivity contribution in [1.29, 1.82) is 0 Å². The van der Waals surface area contributed by atoms with Crippen molar-refractivity contribution in [1.82, 2.24) is 4.90 Å². The number of ether oxygens (including phenoxy) is 1. The van der Waals surface area contributed by atoms with E-state index in [2.05, 4.69) is 0 Å². The summed E-state index contributed by atoms with van der Waals surface area (Å²) in [4.78, 5) is 25.5. The summed E-state index contributed by atoms with van der Waals surface area (Å²) in [6.07, 6.45) is -2.69. The number of likely N-dealkylation sites (tertiary alicyclic amines) is 1. The van der Waals surface area contributed by atoms with Gasteiger partial charge in [0.2, 0.25) is 0 Å². The predicted octanol–water partition coefficient (Wildman–Crippen LogP) is 3.94. The summed E-state index contributed by atoms with van der Waals surface area (Å²) in [6, 6.07) is 5.88. The van der Waals surface area contributed by atoms with Crippen molar-refractivity contribution in [2.24, 2.45) is 0 Å². The number of amides is 2. The number of imide groups is 1. The predicted molar refractivity (Wildman–Crippen MR) is 81.0 cm³/mol. The van der Waals surface area contributed by atoms with Crippen LogP contribution in [0, 0.1) is 5.82 Å². The minimum absolute atomic E-state index is 0.0665. The van der Waals surface area contributed by atoms with Crippen molar-refractivity contribution < 1.29 is 23.1 Å². The Morgan fingerprint density at radius 2 is 1.96 bits per heavy atom. The third-order valence-corrected chi connectivity index (χ3v) is 3.90. The molecule has 0 aromatic heterocycles. The zero-order valence-electron chi connectivity index (χ0n) is 13.7. The Hall–Kier alpha value is -1.98. The molecule has 1 unspecified atom stereocenters. The Morgan fingerprint density at radius 1 is 1.35 bits per heavy atom. The maximum absolute atomic E-state index is 14.2. The molecule has 0 aliphatic carbocycles. The van der Waals surface area contributed by atoms with Crippen LogP contribution in [0.15, 0.2) is 24.3 Å². The maximum atomic E-state index is 14.2. The lowest BCUT2D eigenvalue weighted by molar-refractivity contribution is -0.147. The Balaban J connectivity index is 2.49. The molecule has 2 rings (SSSR count). The van der Waals surface area contributed by atoms with Crippen LogP contribution in [0.25, 0.3) is 0 Å². The number of piperidine rings is 1. The highest BCUT2D eigenvalue weighted by molar-refractivity contribution is 5.96. The van der Waals surface area contributed by atoms with E-state index in [1.54, 1.807) is 33.8 Å². The van der Waals surface area contributed by atoms with Gasteiger partial charge in [0.25, 0.3) is 5.91 Å². The van der Waals surface area contributed by atoms with E-state index < -0.39 is 35.1 Å². The Morgan fingerprint density at radius 3 is 2.52 bits per heavy atom. The molecule has 0 radical (unpaired) electrons. The summed E-state index contributed by atoms with van der Waals surface area (Å²) in [5.74, 6) is -1.54. The molecule has 0 saturated carbocycles. The normalized spacial score (nSPS) is 25.4. The fourth-order valence-corrected chi connectivity index (χ4v) is 2.78. The zero-order valence-corrected chi connectivity index (χ0v) is 13.7. The summed E-state index contributed by atoms with van der Waals surface area (Å²) in [6.45, 7) is 6.49. The number of rotatable bonds is 1. The average molecular weight is 325 g/mol. The van der Waals surface area contributed by atoms with E-state index in [9.17, 15) is 18.4 Å². The number of hydrogen-bond acceptors (Lipinski definition) is 3. The van der Waals surface area contributed by atoms with Crippen LogP contribution in [0.4, 0.5) is 13.6 Å². The molecule has 2 atom stereocenters. The van der Waals surface area contributed by atoms with E-state index >= 15 is 0 Å². The summed E-state index contributed by atoms with van der Waals surface area (Å²) < 4.78 is 33.4. The lowest BCUT2D eigenvalue weighted by Crippen LogP contribution is -2.58. The summed E-state index contributed by atoms with van der Waals surface area (Å²) in [7, 11) is 0. The molecule has 6 heteroatoms. The van der Waals surface area contributed by atoms with Gasteiger partial charge >= 0.3 is 6.09 Å². The number of benzene rings is 1. The van der Waals surface area contributed by atoms with Crippen molar-refractivity contribution >= 4 is 12.0 Å². The van der Waals surface area contributed by atoms with E-state index in [1.165, 1.54) is 18.2 Å². The van der Waals surface area contributed by atoms with Gasteiger partial charge in [-0.15, -0.1) is 0 Å². The lowest BCUT2D eigenvalue weighted by Gasteiger charge is -2.44. The highest BCUT2D eigenvalue weighted by Crippen LogP contribution is 2.40. The Kier molecular flexibility index (Phi) is 4.46. The van der Waals surface area contributed by atoms with Crippen LogP contribution >= 0.6 is 0 Å². The van der Waals surface area contributed by atoms with Crippen LogP contribution < -0.4 is 0 Å². The Labute approximate surface area is 134 Å². The van der Waals surface area contributed by atoms with Gasteiger partial charge in [0.15, 0.2) is 6.17 Å². The molecule has 4 nitrogen and oxygen atoms in total. The monoisotopic (exact) mass is 325 g/mol. The van der Waals surface area contributed by atoms with E-state index in [0.29, 0.717) is 0 Å². The smallest absolute Gasteiger partial charge is 0.417 e. The number of nitrogens with zero attached hydrogens (tertiary/aromatic N) is 1. The second-order valence-corrected chi connectivity index (χ2v) is 6.91. The van der Waals surface area contributed by atoms with Crippen molar-refractivity contribution in [2.75, 3.05) is 0 Å². The highest BCUT2D eigenvalue weighted by atomic mass is 19.1. The molecule has 1 fully saturated rings. The minimum Gasteiger partial charge on any atom is -0.443 e. The van der Waals surface area contributed by atoms with Crippen LogP contribution in [0.2, 0.25) is 0 Å². The van der Waals surface area contributed by atoms with Crippen molar-refractivity contribution in [3.63, 3.8) is 0 Å². The molecule has 1 aromatic carbocycles. The fourth-order valence-electron chi connectivity index (χ4n) is 2.78. The van der Waals surface area contributed by atoms with Crippen molar-refractivity contribution in [3.05, 3.63) is 35.6 Å². The molecule has 1 aliphatic heterocycles. The number of hydrogen-bond donors (Lipinski definition) is 0. The molecule has 1 saturated heterocycles. The quantitative estimate of drug-likeness (QED) is 0.786. The van der Waals surface area contributed by atoms with Gasteiger partial charge in [-0.05, 0) is 46.6 Å². The second-order valence-electron chi connectivity index (χ2n) is 6.91. The highest BCUT2D eigenvalue weighted by Gasteiger charge is 2.50. The van der Waals surface area contributed by atoms with Crippen LogP contribution in [0.5, 0.6) is 0 Å². The van der Waals surface area contributed by atoms with E-state index in [-0.39, 0.29) is 18.4 Å². The second kappa shape index (κ2) is 5.91. The molecule has 126 valence electrons. The first-order valence-corrected chi connectivity index (χ1v) is 7.52. The van der Waals surface area contributed by atoms with Gasteiger partial charge in [0.05, 0.1) is 5.54 Å². The van der Waals surface area contributed by atoms with Gasteiger partial charge in [-0.25, -0.2) is 18.5 Å². The SMILES string of the molecule is CC(C)(C)OC(=O)N1C(=O)C(F)CC[C@@]1(C)c1ccccc1F.